The molecule has 0 aliphatic rings. The quantitative estimate of drug-likeness (QED) is 0.472. The Balaban J connectivity index is 3.15. The highest BCUT2D eigenvalue weighted by atomic mass is 14.1. The largest absolute Gasteiger partial charge is 0.0628 e. The van der Waals surface area contributed by atoms with E-state index in [0.29, 0.717) is 0 Å². The lowest BCUT2D eigenvalue weighted by Crippen LogP contribution is -1.96. The van der Waals surface area contributed by atoms with Crippen LogP contribution >= 0.6 is 0 Å². The molecular weight excluding hydrogens is 156 g/mol. The molecule has 13 heavy (non-hydrogen) atoms. The number of hydrogen-bond acceptors (Lipinski definition) is 0. The monoisotopic (exact) mass is 183 g/mol. The first kappa shape index (κ1) is 13.0. The van der Waals surface area contributed by atoms with Crippen LogP contribution in [0.25, 0.3) is 0 Å². The van der Waals surface area contributed by atoms with Crippen LogP contribution in [0.2, 0.25) is 0 Å². The lowest BCUT2D eigenvalue weighted by molar-refractivity contribution is 0.423. The van der Waals surface area contributed by atoms with Crippen LogP contribution in [0, 0.1) is 18.8 Å². The van der Waals surface area contributed by atoms with Gasteiger partial charge in [0, 0.05) is 0 Å². The molecule has 1 radical (unpaired) electrons. The van der Waals surface area contributed by atoms with Gasteiger partial charge in [-0.1, -0.05) is 72.6 Å². The van der Waals surface area contributed by atoms with Crippen molar-refractivity contribution in [2.75, 3.05) is 0 Å². The predicted octanol–water partition coefficient (Wildman–Crippen LogP) is 4.84. The van der Waals surface area contributed by atoms with E-state index in [2.05, 4.69) is 27.7 Å². The average molecular weight is 183 g/mol. The van der Waals surface area contributed by atoms with Crippen LogP contribution in [0.5, 0.6) is 0 Å². The van der Waals surface area contributed by atoms with Crippen molar-refractivity contribution >= 4 is 0 Å². The van der Waals surface area contributed by atoms with Crippen molar-refractivity contribution in [1.82, 2.24) is 0 Å². The van der Waals surface area contributed by atoms with Gasteiger partial charge in [-0.3, -0.25) is 0 Å². The van der Waals surface area contributed by atoms with E-state index >= 15 is 0 Å². The molecule has 0 nitrogen and oxygen atoms in total. The Morgan fingerprint density at radius 1 is 0.846 bits per heavy atom. The van der Waals surface area contributed by atoms with E-state index in [4.69, 9.17) is 0 Å². The molecule has 0 aliphatic heterocycles. The van der Waals surface area contributed by atoms with Gasteiger partial charge in [-0.25, -0.2) is 0 Å². The fourth-order valence-electron chi connectivity index (χ4n) is 1.69. The second-order valence-electron chi connectivity index (χ2n) is 4.78. The lowest BCUT2D eigenvalue weighted by atomic mass is 9.95. The summed E-state index contributed by atoms with van der Waals surface area (Å²) in [6, 6.07) is 0. The van der Waals surface area contributed by atoms with Crippen molar-refractivity contribution in [3.05, 3.63) is 6.92 Å². The fourth-order valence-corrected chi connectivity index (χ4v) is 1.69. The topological polar surface area (TPSA) is 0 Å². The van der Waals surface area contributed by atoms with E-state index < -0.39 is 0 Å². The standard InChI is InChI=1S/C13H27/c1-5-6-7-10-13(4)11-8-9-12(2)3/h12-13H,1,5-11H2,2-4H3. The van der Waals surface area contributed by atoms with Crippen molar-refractivity contribution in [1.29, 1.82) is 0 Å². The summed E-state index contributed by atoms with van der Waals surface area (Å²) in [7, 11) is 0. The molecule has 0 aromatic heterocycles. The summed E-state index contributed by atoms with van der Waals surface area (Å²) in [4.78, 5) is 0. The van der Waals surface area contributed by atoms with Gasteiger partial charge >= 0.3 is 0 Å². The molecule has 0 aliphatic carbocycles. The van der Waals surface area contributed by atoms with Crippen molar-refractivity contribution in [2.45, 2.75) is 65.7 Å². The number of rotatable bonds is 8. The third-order valence-corrected chi connectivity index (χ3v) is 2.68. The van der Waals surface area contributed by atoms with Crippen LogP contribution in [-0.2, 0) is 0 Å². The van der Waals surface area contributed by atoms with E-state index in [-0.39, 0.29) is 0 Å². The highest BCUT2D eigenvalue weighted by Crippen LogP contribution is 2.17. The molecular formula is C13H27. The van der Waals surface area contributed by atoms with Gasteiger partial charge in [0.25, 0.3) is 0 Å². The van der Waals surface area contributed by atoms with Gasteiger partial charge in [0.1, 0.15) is 0 Å². The zero-order valence-corrected chi connectivity index (χ0v) is 9.81. The van der Waals surface area contributed by atoms with E-state index in [0.717, 1.165) is 18.3 Å². The molecule has 0 aromatic carbocycles. The Bertz CT molecular complexity index is 94.2. The second kappa shape index (κ2) is 8.59. The second-order valence-corrected chi connectivity index (χ2v) is 4.78. The molecule has 0 heterocycles. The molecule has 0 N–H and O–H groups in total. The van der Waals surface area contributed by atoms with Gasteiger partial charge in [-0.15, -0.1) is 0 Å². The van der Waals surface area contributed by atoms with Crippen LogP contribution in [0.15, 0.2) is 0 Å². The van der Waals surface area contributed by atoms with Crippen molar-refractivity contribution in [2.24, 2.45) is 11.8 Å². The van der Waals surface area contributed by atoms with E-state index in [1.807, 2.05) is 0 Å². The lowest BCUT2D eigenvalue weighted by Gasteiger charge is -2.11. The highest BCUT2D eigenvalue weighted by molar-refractivity contribution is 4.56. The summed E-state index contributed by atoms with van der Waals surface area (Å²) in [5.74, 6) is 1.82. The third-order valence-electron chi connectivity index (χ3n) is 2.68. The third kappa shape index (κ3) is 9.92. The van der Waals surface area contributed by atoms with Crippen molar-refractivity contribution in [3.63, 3.8) is 0 Å². The van der Waals surface area contributed by atoms with Crippen LogP contribution in [0.4, 0.5) is 0 Å². The Morgan fingerprint density at radius 2 is 1.46 bits per heavy atom. The van der Waals surface area contributed by atoms with Crippen LogP contribution < -0.4 is 0 Å². The number of unbranched alkanes of at least 4 members (excludes halogenated alkanes) is 2. The summed E-state index contributed by atoms with van der Waals surface area (Å²) in [5, 5.41) is 0. The summed E-state index contributed by atoms with van der Waals surface area (Å²) >= 11 is 0. The summed E-state index contributed by atoms with van der Waals surface area (Å²) in [5.41, 5.74) is 0. The average Bonchev–Trinajstić information content (AvgIpc) is 2.04. The van der Waals surface area contributed by atoms with Gasteiger partial charge in [0.15, 0.2) is 0 Å². The smallest absolute Gasteiger partial charge is 0.0443 e. The maximum Gasteiger partial charge on any atom is -0.0443 e. The van der Waals surface area contributed by atoms with E-state index in [9.17, 15) is 0 Å². The molecule has 0 saturated carbocycles. The maximum absolute atomic E-state index is 3.87. The Hall–Kier alpha value is 0. The summed E-state index contributed by atoms with van der Waals surface area (Å²) in [6.45, 7) is 10.9. The van der Waals surface area contributed by atoms with Crippen LogP contribution in [-0.4, -0.2) is 0 Å². The SMILES string of the molecule is [CH2]CCCCC(C)CCCC(C)C. The van der Waals surface area contributed by atoms with E-state index in [1.54, 1.807) is 0 Å². The molecule has 0 rings (SSSR count). The van der Waals surface area contributed by atoms with Crippen LogP contribution in [0.1, 0.15) is 65.7 Å². The minimum absolute atomic E-state index is 0.882. The first-order valence-electron chi connectivity index (χ1n) is 5.96. The molecule has 0 bridgehead atoms. The molecule has 79 valence electrons. The number of hydrogen-bond donors (Lipinski definition) is 0. The first-order chi connectivity index (χ1) is 6.16. The Morgan fingerprint density at radius 3 is 2.00 bits per heavy atom. The molecule has 1 unspecified atom stereocenters. The molecule has 0 fully saturated rings. The van der Waals surface area contributed by atoms with Gasteiger partial charge < -0.3 is 0 Å². The molecule has 0 heteroatoms. The zero-order valence-electron chi connectivity index (χ0n) is 9.81. The Kier molecular flexibility index (Phi) is 8.59. The van der Waals surface area contributed by atoms with Gasteiger partial charge in [-0.05, 0) is 11.8 Å². The highest BCUT2D eigenvalue weighted by Gasteiger charge is 2.02. The minimum Gasteiger partial charge on any atom is -0.0628 e. The van der Waals surface area contributed by atoms with Gasteiger partial charge in [0.05, 0.1) is 0 Å². The summed E-state index contributed by atoms with van der Waals surface area (Å²) in [6.07, 6.45) is 9.46. The van der Waals surface area contributed by atoms with E-state index in [1.165, 1.54) is 38.5 Å². The predicted molar refractivity (Wildman–Crippen MR) is 61.7 cm³/mol. The molecule has 0 amide bonds. The first-order valence-corrected chi connectivity index (χ1v) is 5.96. The molecule has 0 spiro atoms. The fraction of sp³-hybridized carbons (Fsp3) is 0.923. The Labute approximate surface area is 85.1 Å². The minimum atomic E-state index is 0.882. The van der Waals surface area contributed by atoms with Gasteiger partial charge in [-0.2, -0.15) is 0 Å². The molecule has 1 atom stereocenters. The normalized spacial score (nSPS) is 13.6. The van der Waals surface area contributed by atoms with Crippen molar-refractivity contribution in [3.8, 4) is 0 Å². The zero-order chi connectivity index (χ0) is 10.1. The maximum atomic E-state index is 3.87. The summed E-state index contributed by atoms with van der Waals surface area (Å²) < 4.78 is 0. The molecule has 0 saturated heterocycles. The van der Waals surface area contributed by atoms with Crippen LogP contribution in [0.3, 0.4) is 0 Å². The van der Waals surface area contributed by atoms with Gasteiger partial charge in [0.2, 0.25) is 0 Å². The molecule has 0 aromatic rings. The van der Waals surface area contributed by atoms with Crippen molar-refractivity contribution < 1.29 is 0 Å².